The number of non-ortho nitro benzene ring substituents is 1. The molecule has 130 valence electrons. The topological polar surface area (TPSA) is 100 Å². The van der Waals surface area contributed by atoms with Crippen molar-refractivity contribution in [3.63, 3.8) is 0 Å². The highest BCUT2D eigenvalue weighted by Gasteiger charge is 2.19. The summed E-state index contributed by atoms with van der Waals surface area (Å²) >= 11 is 1.07. The molecule has 0 saturated carbocycles. The van der Waals surface area contributed by atoms with Gasteiger partial charge in [-0.2, -0.15) is 0 Å². The van der Waals surface area contributed by atoms with Gasteiger partial charge in [-0.15, -0.1) is 11.8 Å². The number of nitro benzene ring substituents is 1. The minimum Gasteiger partial charge on any atom is -0.549 e. The second-order valence-electron chi connectivity index (χ2n) is 5.51. The number of carboxylic acid groups (broad SMARTS) is 1. The molecule has 6 nitrogen and oxygen atoms in total. The summed E-state index contributed by atoms with van der Waals surface area (Å²) in [6, 6.07) is 12.9. The highest BCUT2D eigenvalue weighted by molar-refractivity contribution is 8.00. The van der Waals surface area contributed by atoms with Gasteiger partial charge in [0, 0.05) is 35.1 Å². The molecule has 0 saturated heterocycles. The molecule has 7 heteroatoms. The molecule has 0 fully saturated rings. The second kappa shape index (κ2) is 8.43. The fourth-order valence-corrected chi connectivity index (χ4v) is 3.23. The van der Waals surface area contributed by atoms with Crippen molar-refractivity contribution >= 4 is 29.2 Å². The molecular formula is C18H16NO5S-. The van der Waals surface area contributed by atoms with Crippen LogP contribution in [0.5, 0.6) is 0 Å². The van der Waals surface area contributed by atoms with Crippen LogP contribution in [0.25, 0.3) is 0 Å². The van der Waals surface area contributed by atoms with Gasteiger partial charge in [-0.1, -0.05) is 42.0 Å². The zero-order chi connectivity index (χ0) is 18.4. The van der Waals surface area contributed by atoms with Crippen molar-refractivity contribution in [2.75, 3.05) is 5.75 Å². The molecule has 2 aromatic rings. The molecule has 0 bridgehead atoms. The van der Waals surface area contributed by atoms with Gasteiger partial charge >= 0.3 is 0 Å². The Morgan fingerprint density at radius 2 is 1.68 bits per heavy atom. The highest BCUT2D eigenvalue weighted by Crippen LogP contribution is 2.34. The maximum Gasteiger partial charge on any atom is 0.269 e. The lowest BCUT2D eigenvalue weighted by Gasteiger charge is -2.17. The third kappa shape index (κ3) is 5.42. The Morgan fingerprint density at radius 3 is 2.20 bits per heavy atom. The molecule has 0 aliphatic rings. The molecule has 0 aromatic heterocycles. The van der Waals surface area contributed by atoms with E-state index in [1.165, 1.54) is 12.1 Å². The first-order valence-corrected chi connectivity index (χ1v) is 8.57. The first-order chi connectivity index (χ1) is 11.9. The van der Waals surface area contributed by atoms with Crippen LogP contribution in [0.4, 0.5) is 5.69 Å². The Morgan fingerprint density at radius 1 is 1.08 bits per heavy atom. The Bertz CT molecular complexity index is 771. The van der Waals surface area contributed by atoms with Gasteiger partial charge in [0.1, 0.15) is 0 Å². The van der Waals surface area contributed by atoms with Crippen LogP contribution in [-0.4, -0.2) is 22.4 Å². The number of rotatable bonds is 8. The molecule has 0 unspecified atom stereocenters. The van der Waals surface area contributed by atoms with E-state index >= 15 is 0 Å². The summed E-state index contributed by atoms with van der Waals surface area (Å²) in [5.74, 6) is -1.60. The minimum absolute atomic E-state index is 0.0581. The van der Waals surface area contributed by atoms with Crippen molar-refractivity contribution in [3.8, 4) is 0 Å². The molecule has 2 rings (SSSR count). The van der Waals surface area contributed by atoms with Gasteiger partial charge < -0.3 is 9.90 Å². The molecular weight excluding hydrogens is 342 g/mol. The normalized spacial score (nSPS) is 11.7. The van der Waals surface area contributed by atoms with E-state index in [0.717, 1.165) is 17.3 Å². The lowest BCUT2D eigenvalue weighted by atomic mass is 10.0. The van der Waals surface area contributed by atoms with Crippen LogP contribution < -0.4 is 5.11 Å². The molecule has 0 heterocycles. The molecule has 0 amide bonds. The average molecular weight is 358 g/mol. The number of carboxylic acids is 1. The smallest absolute Gasteiger partial charge is 0.269 e. The van der Waals surface area contributed by atoms with Crippen LogP contribution in [0, 0.1) is 17.0 Å². The molecule has 1 atom stereocenters. The van der Waals surface area contributed by atoms with Crippen LogP contribution in [-0.2, 0) is 4.79 Å². The molecule has 0 spiro atoms. The Hall–Kier alpha value is -2.67. The number of aliphatic carboxylic acids is 1. The van der Waals surface area contributed by atoms with Gasteiger partial charge in [0.2, 0.25) is 0 Å². The lowest BCUT2D eigenvalue weighted by Crippen LogP contribution is -2.25. The number of hydrogen-bond donors (Lipinski definition) is 0. The van der Waals surface area contributed by atoms with E-state index in [2.05, 4.69) is 0 Å². The summed E-state index contributed by atoms with van der Waals surface area (Å²) in [5.41, 5.74) is 2.19. The molecule has 0 N–H and O–H groups in total. The average Bonchev–Trinajstić information content (AvgIpc) is 2.59. The third-order valence-corrected chi connectivity index (χ3v) is 4.87. The fraction of sp³-hybridized carbons (Fsp3) is 0.222. The zero-order valence-corrected chi connectivity index (χ0v) is 14.3. The van der Waals surface area contributed by atoms with Gasteiger partial charge in [-0.05, 0) is 12.5 Å². The zero-order valence-electron chi connectivity index (χ0n) is 13.5. The number of carbonyl (C=O) groups is 2. The van der Waals surface area contributed by atoms with Gasteiger partial charge in [0.05, 0.1) is 10.9 Å². The van der Waals surface area contributed by atoms with Crippen molar-refractivity contribution in [1.82, 2.24) is 0 Å². The van der Waals surface area contributed by atoms with E-state index in [4.69, 9.17) is 0 Å². The summed E-state index contributed by atoms with van der Waals surface area (Å²) in [7, 11) is 0. The van der Waals surface area contributed by atoms with E-state index in [1.54, 1.807) is 24.3 Å². The lowest BCUT2D eigenvalue weighted by molar-refractivity contribution is -0.384. The molecule has 25 heavy (non-hydrogen) atoms. The highest BCUT2D eigenvalue weighted by atomic mass is 32.2. The molecule has 0 aliphatic carbocycles. The minimum atomic E-state index is -1.22. The van der Waals surface area contributed by atoms with Crippen LogP contribution in [0.1, 0.15) is 33.2 Å². The summed E-state index contributed by atoms with van der Waals surface area (Å²) < 4.78 is 0. The van der Waals surface area contributed by atoms with Crippen LogP contribution in [0.2, 0.25) is 0 Å². The predicted molar refractivity (Wildman–Crippen MR) is 93.4 cm³/mol. The number of nitro groups is 1. The second-order valence-corrected chi connectivity index (χ2v) is 6.70. The van der Waals surface area contributed by atoms with E-state index < -0.39 is 16.1 Å². The van der Waals surface area contributed by atoms with Crippen molar-refractivity contribution in [3.05, 3.63) is 75.3 Å². The number of ketones is 1. The Balaban J connectivity index is 2.19. The largest absolute Gasteiger partial charge is 0.549 e. The summed E-state index contributed by atoms with van der Waals surface area (Å²) in [6.45, 7) is 1.92. The third-order valence-electron chi connectivity index (χ3n) is 3.62. The van der Waals surface area contributed by atoms with Gasteiger partial charge in [-0.3, -0.25) is 14.9 Å². The number of thioether (sulfide) groups is 1. The number of carbonyl (C=O) groups excluding carboxylic acids is 2. The summed E-state index contributed by atoms with van der Waals surface area (Å²) in [5, 5.41) is 21.1. The quantitative estimate of drug-likeness (QED) is 0.408. The summed E-state index contributed by atoms with van der Waals surface area (Å²) in [4.78, 5) is 33.5. The Kier molecular flexibility index (Phi) is 6.30. The van der Waals surface area contributed by atoms with E-state index in [9.17, 15) is 24.8 Å². The van der Waals surface area contributed by atoms with Gasteiger partial charge in [0.15, 0.2) is 5.78 Å². The predicted octanol–water partition coefficient (Wildman–Crippen LogP) is 2.70. The van der Waals surface area contributed by atoms with Crippen LogP contribution in [0.3, 0.4) is 0 Å². The van der Waals surface area contributed by atoms with Crippen molar-refractivity contribution in [1.29, 1.82) is 0 Å². The summed E-state index contributed by atoms with van der Waals surface area (Å²) in [6.07, 6.45) is 0.0961. The van der Waals surface area contributed by atoms with Crippen molar-refractivity contribution in [2.45, 2.75) is 18.6 Å². The van der Waals surface area contributed by atoms with Crippen molar-refractivity contribution in [2.24, 2.45) is 0 Å². The van der Waals surface area contributed by atoms with Crippen LogP contribution in [0.15, 0.2) is 48.5 Å². The first-order valence-electron chi connectivity index (χ1n) is 7.52. The van der Waals surface area contributed by atoms with Gasteiger partial charge in [-0.25, -0.2) is 0 Å². The van der Waals surface area contributed by atoms with E-state index in [0.29, 0.717) is 11.1 Å². The van der Waals surface area contributed by atoms with Crippen LogP contribution >= 0.6 is 11.8 Å². The standard InChI is InChI=1S/C18H17NO5S/c1-12-2-4-13(5-3-12)16(20)10-17(25-11-18(21)22)14-6-8-15(9-7-14)19(23)24/h2-9,17H,10-11H2,1H3,(H,21,22)/p-1/t17-/m0/s1. The fourth-order valence-electron chi connectivity index (χ4n) is 2.28. The van der Waals surface area contributed by atoms with E-state index in [1.807, 2.05) is 19.1 Å². The first kappa shape index (κ1) is 18.7. The molecule has 0 aliphatic heterocycles. The number of aryl methyl sites for hydroxylation is 1. The maximum atomic E-state index is 12.5. The number of hydrogen-bond acceptors (Lipinski definition) is 6. The Labute approximate surface area is 149 Å². The number of benzene rings is 2. The maximum absolute atomic E-state index is 12.5. The van der Waals surface area contributed by atoms with Gasteiger partial charge in [0.25, 0.3) is 5.69 Å². The monoisotopic (exact) mass is 358 g/mol. The van der Waals surface area contributed by atoms with E-state index in [-0.39, 0.29) is 23.6 Å². The molecule has 0 radical (unpaired) electrons. The van der Waals surface area contributed by atoms with Crippen molar-refractivity contribution < 1.29 is 19.6 Å². The molecule has 2 aromatic carbocycles. The SMILES string of the molecule is Cc1ccc(C(=O)C[C@H](SCC(=O)[O-])c2ccc([N+](=O)[O-])cc2)cc1. The number of nitrogens with zero attached hydrogens (tertiary/aromatic N) is 1. The number of Topliss-reactive ketones (excluding diaryl/α,β-unsaturated/α-hetero) is 1.